The minimum atomic E-state index is -0.554. The van der Waals surface area contributed by atoms with Crippen molar-refractivity contribution in [3.05, 3.63) is 0 Å². The molecule has 2 atom stereocenters. The average molecular weight is 242 g/mol. The molecule has 0 aromatic carbocycles. The molecule has 0 aliphatic carbocycles. The highest BCUT2D eigenvalue weighted by atomic mass is 16.3. The molecule has 1 amide bonds. The van der Waals surface area contributed by atoms with Gasteiger partial charge in [0.1, 0.15) is 0 Å². The van der Waals surface area contributed by atoms with E-state index in [9.17, 15) is 9.90 Å². The van der Waals surface area contributed by atoms with Gasteiger partial charge in [-0.1, -0.05) is 6.92 Å². The lowest BCUT2D eigenvalue weighted by Crippen LogP contribution is -2.41. The molecule has 1 aliphatic rings. The summed E-state index contributed by atoms with van der Waals surface area (Å²) in [4.78, 5) is 13.9. The van der Waals surface area contributed by atoms with Crippen LogP contribution >= 0.6 is 0 Å². The second-order valence-electron chi connectivity index (χ2n) is 5.50. The number of carbonyl (C=O) groups is 1. The van der Waals surface area contributed by atoms with Gasteiger partial charge in [0.25, 0.3) is 0 Å². The number of likely N-dealkylation sites (tertiary alicyclic amines) is 1. The third-order valence-electron chi connectivity index (χ3n) is 3.54. The predicted molar refractivity (Wildman–Crippen MR) is 68.8 cm³/mol. The number of rotatable bonds is 4. The molecule has 1 aliphatic heterocycles. The molecule has 0 aromatic rings. The number of nitrogens with zero attached hydrogens (tertiary/aromatic N) is 1. The van der Waals surface area contributed by atoms with Gasteiger partial charge in [0.05, 0.1) is 12.1 Å². The van der Waals surface area contributed by atoms with Crippen LogP contribution in [0.2, 0.25) is 0 Å². The van der Waals surface area contributed by atoms with Gasteiger partial charge in [0.2, 0.25) is 5.91 Å². The van der Waals surface area contributed by atoms with Crippen LogP contribution in [0.4, 0.5) is 0 Å². The lowest BCUT2D eigenvalue weighted by Gasteiger charge is -2.22. The molecule has 1 heterocycles. The summed E-state index contributed by atoms with van der Waals surface area (Å²) >= 11 is 0. The van der Waals surface area contributed by atoms with Crippen LogP contribution in [-0.4, -0.2) is 47.2 Å². The van der Waals surface area contributed by atoms with Crippen molar-refractivity contribution in [2.45, 2.75) is 58.1 Å². The summed E-state index contributed by atoms with van der Waals surface area (Å²) in [6.07, 6.45) is 3.50. The number of carbonyl (C=O) groups excluding carboxylic acids is 1. The molecule has 0 spiro atoms. The number of hydrogen-bond donors (Lipinski definition) is 2. The fraction of sp³-hybridized carbons (Fsp3) is 0.923. The summed E-state index contributed by atoms with van der Waals surface area (Å²) in [5, 5.41) is 12.9. The highest BCUT2D eigenvalue weighted by molar-refractivity contribution is 5.78. The quantitative estimate of drug-likeness (QED) is 0.777. The zero-order valence-electron chi connectivity index (χ0n) is 11.3. The van der Waals surface area contributed by atoms with Crippen molar-refractivity contribution in [3.63, 3.8) is 0 Å². The largest absolute Gasteiger partial charge is 0.390 e. The molecule has 100 valence electrons. The highest BCUT2D eigenvalue weighted by Gasteiger charge is 2.25. The van der Waals surface area contributed by atoms with E-state index in [-0.39, 0.29) is 11.9 Å². The second-order valence-corrected chi connectivity index (χ2v) is 5.50. The fourth-order valence-corrected chi connectivity index (χ4v) is 2.10. The van der Waals surface area contributed by atoms with Gasteiger partial charge in [-0.3, -0.25) is 9.69 Å². The zero-order chi connectivity index (χ0) is 12.9. The molecule has 1 saturated heterocycles. The number of hydrogen-bond acceptors (Lipinski definition) is 3. The first-order valence-electron chi connectivity index (χ1n) is 6.67. The molecular formula is C13H26N2O2. The Morgan fingerprint density at radius 3 is 2.82 bits per heavy atom. The van der Waals surface area contributed by atoms with Gasteiger partial charge in [-0.05, 0) is 46.1 Å². The molecule has 4 heteroatoms. The Bertz CT molecular complexity index is 254. The molecule has 1 fully saturated rings. The molecule has 1 rings (SSSR count). The number of nitrogens with one attached hydrogen (secondary N) is 1. The summed E-state index contributed by atoms with van der Waals surface area (Å²) in [5.74, 6) is 0.0980. The second kappa shape index (κ2) is 6.36. The first kappa shape index (κ1) is 14.5. The molecule has 4 nitrogen and oxygen atoms in total. The number of amides is 1. The van der Waals surface area contributed by atoms with Gasteiger partial charge < -0.3 is 10.4 Å². The SMILES string of the molecule is CCC(C)NC(=O)CN1CCCC(C)(O)CC1. The van der Waals surface area contributed by atoms with E-state index < -0.39 is 5.60 Å². The Morgan fingerprint density at radius 1 is 1.47 bits per heavy atom. The Kier molecular flexibility index (Phi) is 5.40. The van der Waals surface area contributed by atoms with Crippen molar-refractivity contribution in [1.29, 1.82) is 0 Å². The van der Waals surface area contributed by atoms with E-state index in [1.54, 1.807) is 0 Å². The monoisotopic (exact) mass is 242 g/mol. The van der Waals surface area contributed by atoms with Gasteiger partial charge in [-0.2, -0.15) is 0 Å². The van der Waals surface area contributed by atoms with E-state index >= 15 is 0 Å². The molecule has 0 saturated carbocycles. The first-order chi connectivity index (χ1) is 7.93. The van der Waals surface area contributed by atoms with Crippen molar-refractivity contribution in [2.75, 3.05) is 19.6 Å². The molecule has 0 aromatic heterocycles. The normalized spacial score (nSPS) is 28.5. The van der Waals surface area contributed by atoms with Gasteiger partial charge in [-0.15, -0.1) is 0 Å². The molecular weight excluding hydrogens is 216 g/mol. The van der Waals surface area contributed by atoms with Gasteiger partial charge in [-0.25, -0.2) is 0 Å². The van der Waals surface area contributed by atoms with Crippen molar-refractivity contribution < 1.29 is 9.90 Å². The lowest BCUT2D eigenvalue weighted by atomic mass is 9.98. The van der Waals surface area contributed by atoms with Crippen molar-refractivity contribution >= 4 is 5.91 Å². The summed E-state index contributed by atoms with van der Waals surface area (Å²) in [5.41, 5.74) is -0.554. The van der Waals surface area contributed by atoms with E-state index in [0.29, 0.717) is 6.54 Å². The van der Waals surface area contributed by atoms with Crippen LogP contribution in [0.1, 0.15) is 46.5 Å². The fourth-order valence-electron chi connectivity index (χ4n) is 2.10. The first-order valence-corrected chi connectivity index (χ1v) is 6.67. The number of aliphatic hydroxyl groups is 1. The van der Waals surface area contributed by atoms with Crippen LogP contribution in [-0.2, 0) is 4.79 Å². The highest BCUT2D eigenvalue weighted by Crippen LogP contribution is 2.20. The summed E-state index contributed by atoms with van der Waals surface area (Å²) < 4.78 is 0. The maximum absolute atomic E-state index is 11.7. The van der Waals surface area contributed by atoms with Crippen LogP contribution in [0.25, 0.3) is 0 Å². The summed E-state index contributed by atoms with van der Waals surface area (Å²) in [6.45, 7) is 8.14. The van der Waals surface area contributed by atoms with E-state index in [2.05, 4.69) is 17.1 Å². The summed E-state index contributed by atoms with van der Waals surface area (Å²) in [6, 6.07) is 0.248. The molecule has 2 unspecified atom stereocenters. The topological polar surface area (TPSA) is 52.6 Å². The van der Waals surface area contributed by atoms with Gasteiger partial charge in [0, 0.05) is 12.6 Å². The minimum absolute atomic E-state index is 0.0980. The Hall–Kier alpha value is -0.610. The maximum atomic E-state index is 11.7. The van der Waals surface area contributed by atoms with E-state index in [1.807, 2.05) is 13.8 Å². The lowest BCUT2D eigenvalue weighted by molar-refractivity contribution is -0.122. The molecule has 0 bridgehead atoms. The van der Waals surface area contributed by atoms with Gasteiger partial charge >= 0.3 is 0 Å². The Labute approximate surface area is 104 Å². The predicted octanol–water partition coefficient (Wildman–Crippen LogP) is 1.14. The van der Waals surface area contributed by atoms with Crippen LogP contribution < -0.4 is 5.32 Å². The summed E-state index contributed by atoms with van der Waals surface area (Å²) in [7, 11) is 0. The van der Waals surface area contributed by atoms with Crippen molar-refractivity contribution in [2.24, 2.45) is 0 Å². The van der Waals surface area contributed by atoms with E-state index in [4.69, 9.17) is 0 Å². The molecule has 2 N–H and O–H groups in total. The Morgan fingerprint density at radius 2 is 2.18 bits per heavy atom. The molecule has 0 radical (unpaired) electrons. The minimum Gasteiger partial charge on any atom is -0.390 e. The van der Waals surface area contributed by atoms with Crippen LogP contribution in [0.5, 0.6) is 0 Å². The van der Waals surface area contributed by atoms with Crippen LogP contribution in [0.3, 0.4) is 0 Å². The smallest absolute Gasteiger partial charge is 0.234 e. The third-order valence-corrected chi connectivity index (χ3v) is 3.54. The standard InChI is InChI=1S/C13H26N2O2/c1-4-11(2)14-12(16)10-15-8-5-6-13(3,17)7-9-15/h11,17H,4-10H2,1-3H3,(H,14,16). The maximum Gasteiger partial charge on any atom is 0.234 e. The van der Waals surface area contributed by atoms with Gasteiger partial charge in [0.15, 0.2) is 0 Å². The van der Waals surface area contributed by atoms with Crippen LogP contribution in [0, 0.1) is 0 Å². The van der Waals surface area contributed by atoms with Crippen LogP contribution in [0.15, 0.2) is 0 Å². The van der Waals surface area contributed by atoms with E-state index in [0.717, 1.165) is 38.8 Å². The Balaban J connectivity index is 2.34. The third kappa shape index (κ3) is 5.50. The van der Waals surface area contributed by atoms with Crippen molar-refractivity contribution in [1.82, 2.24) is 10.2 Å². The van der Waals surface area contributed by atoms with Crippen molar-refractivity contribution in [3.8, 4) is 0 Å². The average Bonchev–Trinajstić information content (AvgIpc) is 2.40. The van der Waals surface area contributed by atoms with E-state index in [1.165, 1.54) is 0 Å². The zero-order valence-corrected chi connectivity index (χ0v) is 11.3. The molecule has 17 heavy (non-hydrogen) atoms.